The van der Waals surface area contributed by atoms with Crippen LogP contribution in [-0.4, -0.2) is 30.3 Å². The fourth-order valence-corrected chi connectivity index (χ4v) is 4.38. The van der Waals surface area contributed by atoms with Crippen molar-refractivity contribution in [3.63, 3.8) is 0 Å². The number of halogens is 2. The normalized spacial score (nSPS) is 26.5. The molecule has 0 bridgehead atoms. The van der Waals surface area contributed by atoms with Crippen LogP contribution in [0.15, 0.2) is 42.5 Å². The molecular formula is C22H25F2N2O. The number of benzene rings is 2. The Labute approximate surface area is 159 Å². The van der Waals surface area contributed by atoms with Crippen molar-refractivity contribution in [1.82, 2.24) is 5.32 Å². The first-order valence-corrected chi connectivity index (χ1v) is 9.59. The highest BCUT2D eigenvalue weighted by atomic mass is 19.1. The number of anilines is 1. The minimum absolute atomic E-state index is 0.0134. The molecule has 4 rings (SSSR count). The van der Waals surface area contributed by atoms with Gasteiger partial charge in [0, 0.05) is 42.3 Å². The number of β-amino-alcohol motifs (C(OH)–C–C–N with tert-alkyl or cyclic N) is 1. The van der Waals surface area contributed by atoms with Gasteiger partial charge in [-0.15, -0.1) is 0 Å². The van der Waals surface area contributed by atoms with E-state index in [1.54, 1.807) is 0 Å². The van der Waals surface area contributed by atoms with E-state index in [9.17, 15) is 13.9 Å². The number of hydrogen-bond acceptors (Lipinski definition) is 3. The van der Waals surface area contributed by atoms with Gasteiger partial charge < -0.3 is 15.3 Å². The molecule has 1 unspecified atom stereocenters. The maximum absolute atomic E-state index is 14.1. The zero-order valence-corrected chi connectivity index (χ0v) is 15.2. The minimum atomic E-state index is -0.416. The number of para-hydroxylation sites is 1. The molecule has 0 spiro atoms. The monoisotopic (exact) mass is 371 g/mol. The average molecular weight is 371 g/mol. The predicted molar refractivity (Wildman–Crippen MR) is 103 cm³/mol. The van der Waals surface area contributed by atoms with Gasteiger partial charge in [-0.25, -0.2) is 8.78 Å². The number of nitrogens with zero attached hydrogens (tertiary/aromatic N) is 1. The molecule has 0 amide bonds. The van der Waals surface area contributed by atoms with E-state index in [1.807, 2.05) is 12.1 Å². The second-order valence-electron chi connectivity index (χ2n) is 7.62. The van der Waals surface area contributed by atoms with Crippen LogP contribution in [0, 0.1) is 18.6 Å². The lowest BCUT2D eigenvalue weighted by molar-refractivity contribution is 0.198. The fourth-order valence-electron chi connectivity index (χ4n) is 4.38. The van der Waals surface area contributed by atoms with Crippen molar-refractivity contribution in [1.29, 1.82) is 0 Å². The molecule has 0 aromatic heterocycles. The smallest absolute Gasteiger partial charge is 0.128 e. The summed E-state index contributed by atoms with van der Waals surface area (Å²) in [5.41, 5.74) is 2.63. The Morgan fingerprint density at radius 1 is 1.11 bits per heavy atom. The first-order chi connectivity index (χ1) is 13.0. The van der Waals surface area contributed by atoms with Crippen molar-refractivity contribution in [2.75, 3.05) is 18.0 Å². The maximum Gasteiger partial charge on any atom is 0.128 e. The van der Waals surface area contributed by atoms with Crippen molar-refractivity contribution < 1.29 is 13.9 Å². The zero-order chi connectivity index (χ0) is 19.0. The quantitative estimate of drug-likeness (QED) is 0.854. The van der Waals surface area contributed by atoms with E-state index < -0.39 is 5.82 Å². The Bertz CT molecular complexity index is 813. The molecule has 27 heavy (non-hydrogen) atoms. The van der Waals surface area contributed by atoms with E-state index in [1.165, 1.54) is 12.1 Å². The van der Waals surface area contributed by atoms with E-state index in [0.29, 0.717) is 12.1 Å². The number of nitrogens with one attached hydrogen (secondary N) is 1. The highest BCUT2D eigenvalue weighted by Crippen LogP contribution is 2.38. The van der Waals surface area contributed by atoms with Crippen LogP contribution in [0.25, 0.3) is 0 Å². The molecule has 0 saturated carbocycles. The third-order valence-corrected chi connectivity index (χ3v) is 5.84. The van der Waals surface area contributed by atoms with Crippen LogP contribution in [0.3, 0.4) is 0 Å². The standard InChI is InChI=1S/C22H25F2N2O/c1-14(17-4-2-3-5-22(17)26-11-10-16(27)13-26)20-8-9-21(25-20)18-12-15(23)6-7-19(18)24/h2-7,12,14,16,20-21,25,27H,1,8-11,13H2/t14-,16-,20?,21+/m0/s1. The summed E-state index contributed by atoms with van der Waals surface area (Å²) >= 11 is 0. The molecule has 2 saturated heterocycles. The van der Waals surface area contributed by atoms with Gasteiger partial charge in [-0.3, -0.25) is 0 Å². The van der Waals surface area contributed by atoms with Crippen molar-refractivity contribution in [3.05, 3.63) is 72.1 Å². The molecule has 2 N–H and O–H groups in total. The molecule has 2 fully saturated rings. The van der Waals surface area contributed by atoms with Gasteiger partial charge in [-0.2, -0.15) is 0 Å². The Hall–Kier alpha value is -1.98. The lowest BCUT2D eigenvalue weighted by atomic mass is 9.90. The lowest BCUT2D eigenvalue weighted by Gasteiger charge is -2.28. The van der Waals surface area contributed by atoms with Gasteiger partial charge >= 0.3 is 0 Å². The molecule has 143 valence electrons. The van der Waals surface area contributed by atoms with Crippen LogP contribution in [0.2, 0.25) is 0 Å². The maximum atomic E-state index is 14.1. The summed E-state index contributed by atoms with van der Waals surface area (Å²) in [7, 11) is 0. The van der Waals surface area contributed by atoms with Gasteiger partial charge in [0.15, 0.2) is 0 Å². The summed E-state index contributed by atoms with van der Waals surface area (Å²) in [6.07, 6.45) is 2.10. The van der Waals surface area contributed by atoms with Crippen molar-refractivity contribution in [2.45, 2.75) is 43.4 Å². The number of aliphatic hydroxyl groups is 1. The molecule has 5 heteroatoms. The van der Waals surface area contributed by atoms with Crippen molar-refractivity contribution >= 4 is 5.69 Å². The lowest BCUT2D eigenvalue weighted by Crippen LogP contribution is -2.31. The van der Waals surface area contributed by atoms with Crippen molar-refractivity contribution in [3.8, 4) is 0 Å². The molecular weight excluding hydrogens is 346 g/mol. The van der Waals surface area contributed by atoms with Gasteiger partial charge in [0.25, 0.3) is 0 Å². The van der Waals surface area contributed by atoms with Crippen LogP contribution in [0.5, 0.6) is 0 Å². The number of aliphatic hydroxyl groups excluding tert-OH is 1. The van der Waals surface area contributed by atoms with Crippen LogP contribution >= 0.6 is 0 Å². The summed E-state index contributed by atoms with van der Waals surface area (Å²) in [5, 5.41) is 13.3. The predicted octanol–water partition coefficient (Wildman–Crippen LogP) is 3.95. The number of hydrogen-bond donors (Lipinski definition) is 2. The topological polar surface area (TPSA) is 35.5 Å². The summed E-state index contributed by atoms with van der Waals surface area (Å²) in [6.45, 7) is 5.86. The van der Waals surface area contributed by atoms with Crippen LogP contribution in [0.1, 0.15) is 42.3 Å². The summed E-state index contributed by atoms with van der Waals surface area (Å²) < 4.78 is 27.7. The largest absolute Gasteiger partial charge is 0.391 e. The average Bonchev–Trinajstić information content (AvgIpc) is 3.32. The van der Waals surface area contributed by atoms with Crippen molar-refractivity contribution in [2.24, 2.45) is 0 Å². The van der Waals surface area contributed by atoms with E-state index in [0.717, 1.165) is 43.1 Å². The SMILES string of the molecule is [CH2][C@@H](c1ccccc1N1CC[C@H](O)C1)C1CC[C@H](c2cc(F)ccc2F)N1. The fraction of sp³-hybridized carbons (Fsp3) is 0.409. The molecule has 1 radical (unpaired) electrons. The first-order valence-electron chi connectivity index (χ1n) is 9.59. The second kappa shape index (κ2) is 7.56. The number of rotatable bonds is 4. The third kappa shape index (κ3) is 3.71. The van der Waals surface area contributed by atoms with E-state index in [4.69, 9.17) is 0 Å². The highest BCUT2D eigenvalue weighted by Gasteiger charge is 2.33. The highest BCUT2D eigenvalue weighted by molar-refractivity contribution is 5.57. The molecule has 3 nitrogen and oxygen atoms in total. The first kappa shape index (κ1) is 18.4. The van der Waals surface area contributed by atoms with Gasteiger partial charge in [-0.1, -0.05) is 18.2 Å². The summed E-state index contributed by atoms with van der Waals surface area (Å²) in [6, 6.07) is 11.7. The van der Waals surface area contributed by atoms with E-state index >= 15 is 0 Å². The van der Waals surface area contributed by atoms with Crippen LogP contribution in [-0.2, 0) is 0 Å². The van der Waals surface area contributed by atoms with E-state index in [-0.39, 0.29) is 29.9 Å². The zero-order valence-electron chi connectivity index (χ0n) is 15.2. The molecule has 2 aromatic rings. The van der Waals surface area contributed by atoms with Crippen LogP contribution < -0.4 is 10.2 Å². The molecule has 2 aromatic carbocycles. The Balaban J connectivity index is 1.53. The minimum Gasteiger partial charge on any atom is -0.391 e. The molecule has 2 aliphatic rings. The summed E-state index contributed by atoms with van der Waals surface area (Å²) in [5.74, 6) is -0.803. The second-order valence-corrected chi connectivity index (χ2v) is 7.62. The Kier molecular flexibility index (Phi) is 5.15. The van der Waals surface area contributed by atoms with Gasteiger partial charge in [-0.05, 0) is 56.0 Å². The molecule has 2 aliphatic heterocycles. The van der Waals surface area contributed by atoms with Crippen LogP contribution in [0.4, 0.5) is 14.5 Å². The van der Waals surface area contributed by atoms with Gasteiger partial charge in [0.2, 0.25) is 0 Å². The van der Waals surface area contributed by atoms with Gasteiger partial charge in [0.05, 0.1) is 6.10 Å². The summed E-state index contributed by atoms with van der Waals surface area (Å²) in [4.78, 5) is 2.21. The molecule has 2 heterocycles. The Morgan fingerprint density at radius 2 is 1.93 bits per heavy atom. The van der Waals surface area contributed by atoms with E-state index in [2.05, 4.69) is 29.3 Å². The molecule has 4 atom stereocenters. The molecule has 0 aliphatic carbocycles. The van der Waals surface area contributed by atoms with Gasteiger partial charge in [0.1, 0.15) is 11.6 Å². The Morgan fingerprint density at radius 3 is 2.70 bits per heavy atom. The third-order valence-electron chi connectivity index (χ3n) is 5.84.